The summed E-state index contributed by atoms with van der Waals surface area (Å²) < 4.78 is 5.24. The smallest absolute Gasteiger partial charge is 0.119 e. The topological polar surface area (TPSA) is 21.3 Å². The summed E-state index contributed by atoms with van der Waals surface area (Å²) in [6, 6.07) is 7.03. The summed E-state index contributed by atoms with van der Waals surface area (Å²) in [6.45, 7) is 5.50. The third-order valence-corrected chi connectivity index (χ3v) is 3.44. The fourth-order valence-corrected chi connectivity index (χ4v) is 2.44. The fraction of sp³-hybridized carbons (Fsp3) is 0.538. The molecule has 1 aliphatic rings. The monoisotopic (exact) mass is 205 g/mol. The molecule has 2 nitrogen and oxygen atoms in total. The quantitative estimate of drug-likeness (QED) is 0.801. The standard InChI is InChI=1S/C13H19NO/c1-4-13-9(2)12-6-5-11(15-3)7-10(12)8-14-13/h5-7,9,13-14H,4,8H2,1-3H3. The van der Waals surface area contributed by atoms with Crippen molar-refractivity contribution in [2.24, 2.45) is 0 Å². The van der Waals surface area contributed by atoms with Crippen LogP contribution in [0.1, 0.15) is 37.3 Å². The van der Waals surface area contributed by atoms with Crippen molar-refractivity contribution in [1.82, 2.24) is 5.32 Å². The lowest BCUT2D eigenvalue weighted by Gasteiger charge is -2.32. The molecule has 0 aromatic heterocycles. The summed E-state index contributed by atoms with van der Waals surface area (Å²) in [5, 5.41) is 3.57. The van der Waals surface area contributed by atoms with Gasteiger partial charge < -0.3 is 10.1 Å². The number of hydrogen-bond acceptors (Lipinski definition) is 2. The lowest BCUT2D eigenvalue weighted by atomic mass is 9.85. The van der Waals surface area contributed by atoms with Gasteiger partial charge in [0.1, 0.15) is 5.75 Å². The molecular formula is C13H19NO. The first-order chi connectivity index (χ1) is 7.26. The van der Waals surface area contributed by atoms with Gasteiger partial charge in [0.15, 0.2) is 0 Å². The number of benzene rings is 1. The van der Waals surface area contributed by atoms with E-state index in [4.69, 9.17) is 4.74 Å². The molecule has 1 aromatic carbocycles. The van der Waals surface area contributed by atoms with E-state index in [-0.39, 0.29) is 0 Å². The Balaban J connectivity index is 2.33. The average molecular weight is 205 g/mol. The average Bonchev–Trinajstić information content (AvgIpc) is 2.29. The summed E-state index contributed by atoms with van der Waals surface area (Å²) in [5.74, 6) is 1.56. The lowest BCUT2D eigenvalue weighted by Crippen LogP contribution is -2.37. The number of methoxy groups -OCH3 is 1. The van der Waals surface area contributed by atoms with E-state index in [0.29, 0.717) is 12.0 Å². The van der Waals surface area contributed by atoms with E-state index >= 15 is 0 Å². The molecule has 1 N–H and O–H groups in total. The van der Waals surface area contributed by atoms with Crippen LogP contribution in [0.3, 0.4) is 0 Å². The number of fused-ring (bicyclic) bond motifs is 1. The Morgan fingerprint density at radius 3 is 2.93 bits per heavy atom. The van der Waals surface area contributed by atoms with Gasteiger partial charge in [-0.25, -0.2) is 0 Å². The highest BCUT2D eigenvalue weighted by atomic mass is 16.5. The van der Waals surface area contributed by atoms with Gasteiger partial charge in [-0.15, -0.1) is 0 Å². The molecule has 1 aliphatic heterocycles. The van der Waals surface area contributed by atoms with Crippen molar-refractivity contribution in [3.8, 4) is 5.75 Å². The van der Waals surface area contributed by atoms with E-state index in [1.807, 2.05) is 0 Å². The van der Waals surface area contributed by atoms with Gasteiger partial charge in [-0.3, -0.25) is 0 Å². The Bertz CT molecular complexity index is 348. The summed E-state index contributed by atoms with van der Waals surface area (Å²) in [5.41, 5.74) is 2.85. The highest BCUT2D eigenvalue weighted by Crippen LogP contribution is 2.31. The number of ether oxygens (including phenoxy) is 1. The zero-order valence-electron chi connectivity index (χ0n) is 9.71. The zero-order chi connectivity index (χ0) is 10.8. The first kappa shape index (κ1) is 10.5. The molecule has 0 fully saturated rings. The molecule has 0 saturated heterocycles. The fourth-order valence-electron chi connectivity index (χ4n) is 2.44. The van der Waals surface area contributed by atoms with Crippen molar-refractivity contribution >= 4 is 0 Å². The van der Waals surface area contributed by atoms with Crippen molar-refractivity contribution < 1.29 is 4.74 Å². The van der Waals surface area contributed by atoms with Gasteiger partial charge in [0.2, 0.25) is 0 Å². The van der Waals surface area contributed by atoms with E-state index < -0.39 is 0 Å². The second-order valence-electron chi connectivity index (χ2n) is 4.25. The minimum atomic E-state index is 0.602. The predicted molar refractivity (Wildman–Crippen MR) is 62.3 cm³/mol. The molecule has 0 aliphatic carbocycles. The maximum atomic E-state index is 5.24. The Hall–Kier alpha value is -1.02. The van der Waals surface area contributed by atoms with Crippen molar-refractivity contribution in [2.75, 3.05) is 7.11 Å². The van der Waals surface area contributed by atoms with Crippen LogP contribution in [0.5, 0.6) is 5.75 Å². The number of rotatable bonds is 2. The number of nitrogens with one attached hydrogen (secondary N) is 1. The molecule has 82 valence electrons. The maximum Gasteiger partial charge on any atom is 0.119 e. The van der Waals surface area contributed by atoms with Crippen molar-refractivity contribution in [3.63, 3.8) is 0 Å². The van der Waals surface area contributed by atoms with E-state index in [0.717, 1.165) is 12.3 Å². The van der Waals surface area contributed by atoms with Crippen LogP contribution < -0.4 is 10.1 Å². The Morgan fingerprint density at radius 2 is 2.27 bits per heavy atom. The minimum Gasteiger partial charge on any atom is -0.497 e. The molecule has 0 amide bonds. The normalized spacial score (nSPS) is 24.7. The van der Waals surface area contributed by atoms with Crippen molar-refractivity contribution in [3.05, 3.63) is 29.3 Å². The highest BCUT2D eigenvalue weighted by molar-refractivity contribution is 5.39. The van der Waals surface area contributed by atoms with Gasteiger partial charge in [0.25, 0.3) is 0 Å². The Morgan fingerprint density at radius 1 is 1.47 bits per heavy atom. The first-order valence-corrected chi connectivity index (χ1v) is 5.66. The van der Waals surface area contributed by atoms with Crippen LogP contribution in [0.25, 0.3) is 0 Å². The molecule has 0 radical (unpaired) electrons. The summed E-state index contributed by atoms with van der Waals surface area (Å²) in [4.78, 5) is 0. The van der Waals surface area contributed by atoms with Crippen LogP contribution in [0.4, 0.5) is 0 Å². The van der Waals surface area contributed by atoms with Crippen LogP contribution in [-0.4, -0.2) is 13.2 Å². The van der Waals surface area contributed by atoms with Crippen LogP contribution in [0.2, 0.25) is 0 Å². The third-order valence-electron chi connectivity index (χ3n) is 3.44. The van der Waals surface area contributed by atoms with Crippen molar-refractivity contribution in [2.45, 2.75) is 38.8 Å². The Labute approximate surface area is 91.6 Å². The van der Waals surface area contributed by atoms with Gasteiger partial charge >= 0.3 is 0 Å². The Kier molecular flexibility index (Phi) is 2.96. The van der Waals surface area contributed by atoms with Crippen LogP contribution >= 0.6 is 0 Å². The third kappa shape index (κ3) is 1.86. The molecule has 2 atom stereocenters. The summed E-state index contributed by atoms with van der Waals surface area (Å²) in [7, 11) is 1.72. The van der Waals surface area contributed by atoms with Gasteiger partial charge in [0.05, 0.1) is 7.11 Å². The van der Waals surface area contributed by atoms with Crippen LogP contribution in [0, 0.1) is 0 Å². The van der Waals surface area contributed by atoms with E-state index in [9.17, 15) is 0 Å². The van der Waals surface area contributed by atoms with Gasteiger partial charge in [0, 0.05) is 12.6 Å². The lowest BCUT2D eigenvalue weighted by molar-refractivity contribution is 0.397. The second kappa shape index (κ2) is 4.23. The molecule has 2 unspecified atom stereocenters. The highest BCUT2D eigenvalue weighted by Gasteiger charge is 2.24. The summed E-state index contributed by atoms with van der Waals surface area (Å²) in [6.07, 6.45) is 1.19. The largest absolute Gasteiger partial charge is 0.497 e. The van der Waals surface area contributed by atoms with Gasteiger partial charge in [-0.1, -0.05) is 19.9 Å². The molecule has 2 rings (SSSR count). The molecule has 1 aromatic rings. The van der Waals surface area contributed by atoms with Crippen molar-refractivity contribution in [1.29, 1.82) is 0 Å². The van der Waals surface area contributed by atoms with E-state index in [1.54, 1.807) is 7.11 Å². The first-order valence-electron chi connectivity index (χ1n) is 5.66. The minimum absolute atomic E-state index is 0.602. The predicted octanol–water partition coefficient (Wildman–Crippen LogP) is 2.68. The molecule has 0 spiro atoms. The summed E-state index contributed by atoms with van der Waals surface area (Å²) >= 11 is 0. The van der Waals surface area contributed by atoms with E-state index in [1.165, 1.54) is 17.5 Å². The maximum absolute atomic E-state index is 5.24. The molecule has 1 heterocycles. The molecule has 0 bridgehead atoms. The van der Waals surface area contributed by atoms with Crippen LogP contribution in [-0.2, 0) is 6.54 Å². The van der Waals surface area contributed by atoms with Gasteiger partial charge in [-0.2, -0.15) is 0 Å². The molecule has 2 heteroatoms. The molecule has 15 heavy (non-hydrogen) atoms. The SMILES string of the molecule is CCC1NCc2cc(OC)ccc2C1C. The number of hydrogen-bond donors (Lipinski definition) is 1. The van der Waals surface area contributed by atoms with Gasteiger partial charge in [-0.05, 0) is 35.6 Å². The second-order valence-corrected chi connectivity index (χ2v) is 4.25. The van der Waals surface area contributed by atoms with E-state index in [2.05, 4.69) is 37.4 Å². The zero-order valence-corrected chi connectivity index (χ0v) is 9.71. The molecule has 0 saturated carbocycles. The van der Waals surface area contributed by atoms with Crippen LogP contribution in [0.15, 0.2) is 18.2 Å². The molecular weight excluding hydrogens is 186 g/mol.